The van der Waals surface area contributed by atoms with Gasteiger partial charge in [0, 0.05) is 11.1 Å². The van der Waals surface area contributed by atoms with Crippen LogP contribution >= 0.6 is 0 Å². The molecule has 0 saturated carbocycles. The van der Waals surface area contributed by atoms with E-state index in [0.717, 1.165) is 27.6 Å². The maximum absolute atomic E-state index is 5.97. The topological polar surface area (TPSA) is 26.0 Å². The summed E-state index contributed by atoms with van der Waals surface area (Å²) < 4.78 is 0. The van der Waals surface area contributed by atoms with Crippen molar-refractivity contribution >= 4 is 28.6 Å². The van der Waals surface area contributed by atoms with Crippen LogP contribution in [0.25, 0.3) is 22.9 Å². The fourth-order valence-corrected chi connectivity index (χ4v) is 1.83. The maximum atomic E-state index is 5.97. The van der Waals surface area contributed by atoms with Gasteiger partial charge in [-0.25, -0.2) is 0 Å². The van der Waals surface area contributed by atoms with Crippen molar-refractivity contribution in [2.75, 3.05) is 5.73 Å². The van der Waals surface area contributed by atoms with Gasteiger partial charge in [0.1, 0.15) is 0 Å². The average molecular weight is 195 g/mol. The van der Waals surface area contributed by atoms with Crippen molar-refractivity contribution in [1.29, 1.82) is 0 Å². The van der Waals surface area contributed by atoms with Gasteiger partial charge in [-0.1, -0.05) is 49.6 Å². The Hall–Kier alpha value is -2.02. The van der Waals surface area contributed by atoms with Crippen LogP contribution in [-0.4, -0.2) is 0 Å². The number of hydrogen-bond donors (Lipinski definition) is 1. The number of benzene rings is 2. The SMILES string of the molecule is C=Cc1ccc(N)c2c(C=C)cccc12. The Morgan fingerprint density at radius 1 is 0.933 bits per heavy atom. The van der Waals surface area contributed by atoms with Crippen LogP contribution in [0.3, 0.4) is 0 Å². The Kier molecular flexibility index (Phi) is 2.30. The van der Waals surface area contributed by atoms with Gasteiger partial charge in [-0.2, -0.15) is 0 Å². The summed E-state index contributed by atoms with van der Waals surface area (Å²) in [6.07, 6.45) is 3.67. The molecule has 0 bridgehead atoms. The second-order valence-corrected chi connectivity index (χ2v) is 3.42. The molecule has 2 aromatic rings. The van der Waals surface area contributed by atoms with Crippen LogP contribution in [0.5, 0.6) is 0 Å². The summed E-state index contributed by atoms with van der Waals surface area (Å²) in [5, 5.41) is 2.19. The second kappa shape index (κ2) is 3.62. The molecule has 0 aliphatic carbocycles. The lowest BCUT2D eigenvalue weighted by atomic mass is 9.98. The monoisotopic (exact) mass is 195 g/mol. The summed E-state index contributed by atoms with van der Waals surface area (Å²) in [7, 11) is 0. The van der Waals surface area contributed by atoms with Crippen molar-refractivity contribution in [3.05, 3.63) is 54.6 Å². The highest BCUT2D eigenvalue weighted by molar-refractivity contribution is 6.03. The molecule has 2 aromatic carbocycles. The molecule has 0 saturated heterocycles. The predicted molar refractivity (Wildman–Crippen MR) is 68.5 cm³/mol. The van der Waals surface area contributed by atoms with E-state index in [1.54, 1.807) is 0 Å². The molecule has 0 aliphatic heterocycles. The van der Waals surface area contributed by atoms with Gasteiger partial charge < -0.3 is 5.73 Å². The number of hydrogen-bond acceptors (Lipinski definition) is 1. The van der Waals surface area contributed by atoms with Crippen molar-refractivity contribution in [1.82, 2.24) is 0 Å². The molecule has 0 aliphatic rings. The molecule has 0 unspecified atom stereocenters. The van der Waals surface area contributed by atoms with E-state index in [-0.39, 0.29) is 0 Å². The fraction of sp³-hybridized carbons (Fsp3) is 0. The molecule has 0 fully saturated rings. The molecule has 0 aromatic heterocycles. The molecular formula is C14H13N. The van der Waals surface area contributed by atoms with Crippen molar-refractivity contribution in [3.8, 4) is 0 Å². The summed E-state index contributed by atoms with van der Waals surface area (Å²) in [4.78, 5) is 0. The highest BCUT2D eigenvalue weighted by Crippen LogP contribution is 2.29. The molecule has 74 valence electrons. The van der Waals surface area contributed by atoms with E-state index in [4.69, 9.17) is 5.73 Å². The molecule has 0 radical (unpaired) electrons. The third kappa shape index (κ3) is 1.42. The van der Waals surface area contributed by atoms with Gasteiger partial charge in [0.2, 0.25) is 0 Å². The molecule has 0 amide bonds. The van der Waals surface area contributed by atoms with Crippen molar-refractivity contribution < 1.29 is 0 Å². The molecule has 1 heteroatoms. The number of nitrogens with two attached hydrogens (primary N) is 1. The first-order chi connectivity index (χ1) is 7.27. The van der Waals surface area contributed by atoms with Gasteiger partial charge in [-0.15, -0.1) is 0 Å². The zero-order valence-corrected chi connectivity index (χ0v) is 8.53. The van der Waals surface area contributed by atoms with Gasteiger partial charge in [0.15, 0.2) is 0 Å². The van der Waals surface area contributed by atoms with Crippen LogP contribution < -0.4 is 5.73 Å². The largest absolute Gasteiger partial charge is 0.398 e. The lowest BCUT2D eigenvalue weighted by Gasteiger charge is -2.08. The average Bonchev–Trinajstić information content (AvgIpc) is 2.29. The van der Waals surface area contributed by atoms with Gasteiger partial charge in [-0.3, -0.25) is 0 Å². The number of nitrogen functional groups attached to an aromatic ring is 1. The van der Waals surface area contributed by atoms with Crippen LogP contribution in [0, 0.1) is 0 Å². The maximum Gasteiger partial charge on any atom is 0.0400 e. The zero-order valence-electron chi connectivity index (χ0n) is 8.53. The van der Waals surface area contributed by atoms with E-state index in [2.05, 4.69) is 19.2 Å². The van der Waals surface area contributed by atoms with E-state index in [1.807, 2.05) is 36.4 Å². The van der Waals surface area contributed by atoms with Gasteiger partial charge >= 0.3 is 0 Å². The van der Waals surface area contributed by atoms with E-state index >= 15 is 0 Å². The first-order valence-electron chi connectivity index (χ1n) is 4.84. The zero-order chi connectivity index (χ0) is 10.8. The Labute approximate surface area is 89.5 Å². The standard InChI is InChI=1S/C14H13N/c1-3-10-8-9-13(15)14-11(4-2)6-5-7-12(10)14/h3-9H,1-2,15H2. The van der Waals surface area contributed by atoms with Crippen LogP contribution in [0.2, 0.25) is 0 Å². The Bertz CT molecular complexity index is 538. The number of rotatable bonds is 2. The number of anilines is 1. The highest BCUT2D eigenvalue weighted by Gasteiger charge is 2.04. The summed E-state index contributed by atoms with van der Waals surface area (Å²) in [5.41, 5.74) is 8.92. The van der Waals surface area contributed by atoms with Gasteiger partial charge in [0.05, 0.1) is 0 Å². The number of fused-ring (bicyclic) bond motifs is 1. The smallest absolute Gasteiger partial charge is 0.0400 e. The van der Waals surface area contributed by atoms with Crippen molar-refractivity contribution in [3.63, 3.8) is 0 Å². The molecule has 0 spiro atoms. The third-order valence-corrected chi connectivity index (χ3v) is 2.58. The summed E-state index contributed by atoms with van der Waals surface area (Å²) in [6.45, 7) is 7.60. The molecule has 1 nitrogen and oxygen atoms in total. The Morgan fingerprint density at radius 2 is 1.67 bits per heavy atom. The van der Waals surface area contributed by atoms with E-state index in [0.29, 0.717) is 0 Å². The lowest BCUT2D eigenvalue weighted by molar-refractivity contribution is 1.68. The third-order valence-electron chi connectivity index (χ3n) is 2.58. The minimum absolute atomic E-state index is 0.783. The summed E-state index contributed by atoms with van der Waals surface area (Å²) in [5.74, 6) is 0. The molecule has 2 rings (SSSR count). The second-order valence-electron chi connectivity index (χ2n) is 3.42. The summed E-state index contributed by atoms with van der Waals surface area (Å²) >= 11 is 0. The van der Waals surface area contributed by atoms with Gasteiger partial charge in [0.25, 0.3) is 0 Å². The van der Waals surface area contributed by atoms with Crippen LogP contribution in [0.4, 0.5) is 5.69 Å². The van der Waals surface area contributed by atoms with Crippen molar-refractivity contribution in [2.24, 2.45) is 0 Å². The quantitative estimate of drug-likeness (QED) is 0.726. The fourth-order valence-electron chi connectivity index (χ4n) is 1.83. The highest BCUT2D eigenvalue weighted by atomic mass is 14.6. The predicted octanol–water partition coefficient (Wildman–Crippen LogP) is 3.71. The first-order valence-corrected chi connectivity index (χ1v) is 4.84. The molecule has 0 atom stereocenters. The Morgan fingerprint density at radius 3 is 2.33 bits per heavy atom. The van der Waals surface area contributed by atoms with E-state index in [9.17, 15) is 0 Å². The van der Waals surface area contributed by atoms with Crippen LogP contribution in [0.15, 0.2) is 43.5 Å². The van der Waals surface area contributed by atoms with Crippen molar-refractivity contribution in [2.45, 2.75) is 0 Å². The van der Waals surface area contributed by atoms with Crippen LogP contribution in [-0.2, 0) is 0 Å². The molecule has 0 heterocycles. The minimum Gasteiger partial charge on any atom is -0.398 e. The van der Waals surface area contributed by atoms with E-state index < -0.39 is 0 Å². The Balaban J connectivity index is 2.98. The molecule has 15 heavy (non-hydrogen) atoms. The normalized spacial score (nSPS) is 10.1. The van der Waals surface area contributed by atoms with E-state index in [1.165, 1.54) is 0 Å². The molecule has 2 N–H and O–H groups in total. The molecular weight excluding hydrogens is 182 g/mol. The lowest BCUT2D eigenvalue weighted by Crippen LogP contribution is -1.90. The first kappa shape index (κ1) is 9.53. The van der Waals surface area contributed by atoms with Gasteiger partial charge in [-0.05, 0) is 22.6 Å². The summed E-state index contributed by atoms with van der Waals surface area (Å²) in [6, 6.07) is 9.96. The minimum atomic E-state index is 0.783. The van der Waals surface area contributed by atoms with Crippen LogP contribution in [0.1, 0.15) is 11.1 Å².